The van der Waals surface area contributed by atoms with Gasteiger partial charge in [0.05, 0.1) is 4.92 Å². The Morgan fingerprint density at radius 2 is 1.90 bits per heavy atom. The summed E-state index contributed by atoms with van der Waals surface area (Å²) in [7, 11) is -5.04. The highest BCUT2D eigenvalue weighted by Gasteiger charge is 2.55. The zero-order chi connectivity index (χ0) is 31.4. The van der Waals surface area contributed by atoms with Crippen LogP contribution in [0.3, 0.4) is 0 Å². The highest BCUT2D eigenvalue weighted by Crippen LogP contribution is 2.25. The molecule has 1 aliphatic rings. The maximum Gasteiger partial charge on any atom is 0.362 e. The summed E-state index contributed by atoms with van der Waals surface area (Å²) in [5.74, 6) is -4.08. The number of non-ortho nitro benzene ring substituents is 1. The van der Waals surface area contributed by atoms with Gasteiger partial charge in [0, 0.05) is 24.4 Å². The van der Waals surface area contributed by atoms with Crippen molar-refractivity contribution in [3.63, 3.8) is 0 Å². The van der Waals surface area contributed by atoms with Crippen LogP contribution in [0.25, 0.3) is 0 Å². The van der Waals surface area contributed by atoms with E-state index in [1.807, 2.05) is 0 Å². The zero-order valence-electron chi connectivity index (χ0n) is 22.1. The van der Waals surface area contributed by atoms with Crippen molar-refractivity contribution >= 4 is 61.9 Å². The topological polar surface area (TPSA) is 260 Å². The number of amides is 2. The van der Waals surface area contributed by atoms with Crippen molar-refractivity contribution < 1.29 is 51.4 Å². The number of aromatic nitrogens is 1. The van der Waals surface area contributed by atoms with Crippen molar-refractivity contribution in [2.24, 2.45) is 5.16 Å². The van der Waals surface area contributed by atoms with Crippen LogP contribution in [0.15, 0.2) is 34.8 Å². The van der Waals surface area contributed by atoms with Gasteiger partial charge >= 0.3 is 22.2 Å². The number of nitrogen functional groups attached to an aromatic ring is 1. The molecule has 0 saturated carbocycles. The molecule has 20 heteroatoms. The van der Waals surface area contributed by atoms with Crippen LogP contribution < -0.4 is 11.1 Å². The van der Waals surface area contributed by atoms with Crippen LogP contribution in [-0.4, -0.2) is 80.9 Å². The SMILES string of the molecule is CC(=O)OC[C@H]1[C@@H](NC(=O)C(=NOC(C)(C)C(=O)OCc2ccc([N+](=O)[O-])cc2)c2csc(N)n2)C(=O)N1S(=O)(=O)O. The minimum Gasteiger partial charge on any atom is -0.464 e. The number of benzene rings is 1. The molecule has 1 saturated heterocycles. The molecule has 1 fully saturated rings. The van der Waals surface area contributed by atoms with Crippen LogP contribution in [0, 0.1) is 10.1 Å². The normalized spacial score (nSPS) is 17.2. The molecule has 0 spiro atoms. The second kappa shape index (κ2) is 12.4. The van der Waals surface area contributed by atoms with E-state index in [-0.39, 0.29) is 27.4 Å². The molecular formula is C22H24N6O12S2. The Balaban J connectivity index is 1.77. The van der Waals surface area contributed by atoms with Crippen LogP contribution in [0.5, 0.6) is 0 Å². The number of nitrogens with zero attached hydrogens (tertiary/aromatic N) is 4. The Bertz CT molecular complexity index is 1540. The van der Waals surface area contributed by atoms with Crippen LogP contribution in [-0.2, 0) is 50.4 Å². The van der Waals surface area contributed by atoms with Gasteiger partial charge in [-0.15, -0.1) is 11.3 Å². The fourth-order valence-corrected chi connectivity index (χ4v) is 4.79. The molecule has 42 heavy (non-hydrogen) atoms. The standard InChI is InChI=1S/C22H24N6O12S2/c1-11(29)38-9-15-17(19(31)27(15)42(35,36)37)25-18(30)16(14-10-41-21(23)24-14)26-40-22(2,3)20(32)39-8-12-4-6-13(7-5-12)28(33)34/h4-7,10,15,17H,8-9H2,1-3H3,(H2,23,24)(H,25,30)(H,35,36,37)/t15-,17+/m0/s1. The Morgan fingerprint density at radius 1 is 1.26 bits per heavy atom. The van der Waals surface area contributed by atoms with Crippen LogP contribution >= 0.6 is 11.3 Å². The van der Waals surface area contributed by atoms with Crippen LogP contribution in [0.1, 0.15) is 32.0 Å². The maximum absolute atomic E-state index is 13.2. The molecular weight excluding hydrogens is 604 g/mol. The van der Waals surface area contributed by atoms with E-state index in [0.717, 1.165) is 18.3 Å². The van der Waals surface area contributed by atoms with Gasteiger partial charge in [-0.1, -0.05) is 5.16 Å². The smallest absolute Gasteiger partial charge is 0.362 e. The first kappa shape index (κ1) is 31.8. The average Bonchev–Trinajstić information content (AvgIpc) is 3.32. The molecule has 1 aromatic heterocycles. The van der Waals surface area contributed by atoms with E-state index in [1.54, 1.807) is 0 Å². The predicted molar refractivity (Wildman–Crippen MR) is 142 cm³/mol. The van der Waals surface area contributed by atoms with E-state index in [2.05, 4.69) is 15.5 Å². The number of thiazole rings is 1. The third-order valence-electron chi connectivity index (χ3n) is 5.52. The predicted octanol–water partition coefficient (Wildman–Crippen LogP) is -0.0623. The minimum atomic E-state index is -5.04. The van der Waals surface area contributed by atoms with Crippen molar-refractivity contribution in [3.8, 4) is 0 Å². The number of ether oxygens (including phenoxy) is 2. The second-order valence-corrected chi connectivity index (χ2v) is 11.2. The summed E-state index contributed by atoms with van der Waals surface area (Å²) in [6.07, 6.45) is 0. The minimum absolute atomic E-state index is 0.0253. The van der Waals surface area contributed by atoms with Crippen molar-refractivity contribution in [1.82, 2.24) is 14.6 Å². The fraction of sp³-hybridized carbons (Fsp3) is 0.364. The number of nitrogens with one attached hydrogen (secondary N) is 1. The van der Waals surface area contributed by atoms with Gasteiger partial charge in [0.1, 0.15) is 31.0 Å². The first-order valence-corrected chi connectivity index (χ1v) is 13.9. The number of oxime groups is 1. The molecule has 18 nitrogen and oxygen atoms in total. The number of rotatable bonds is 12. The molecule has 0 bridgehead atoms. The molecule has 1 aliphatic heterocycles. The van der Waals surface area contributed by atoms with Gasteiger partial charge in [0.15, 0.2) is 10.8 Å². The number of hydrogen-bond acceptors (Lipinski definition) is 15. The van der Waals surface area contributed by atoms with Gasteiger partial charge in [-0.2, -0.15) is 8.42 Å². The van der Waals surface area contributed by atoms with E-state index < -0.39 is 69.0 Å². The molecule has 0 aliphatic carbocycles. The molecule has 2 amide bonds. The fourth-order valence-electron chi connectivity index (χ4n) is 3.37. The lowest BCUT2D eigenvalue weighted by atomic mass is 9.99. The number of β-lactam (4-membered cyclic amide) rings is 1. The molecule has 0 radical (unpaired) electrons. The summed E-state index contributed by atoms with van der Waals surface area (Å²) in [5.41, 5.74) is 3.46. The number of carbonyl (C=O) groups is 4. The van der Waals surface area contributed by atoms with E-state index in [4.69, 9.17) is 20.0 Å². The Kier molecular flexibility index (Phi) is 9.43. The molecule has 4 N–H and O–H groups in total. The lowest BCUT2D eigenvalue weighted by Crippen LogP contribution is -2.73. The zero-order valence-corrected chi connectivity index (χ0v) is 23.7. The average molecular weight is 629 g/mol. The van der Waals surface area contributed by atoms with E-state index in [9.17, 15) is 42.3 Å². The number of hydrogen-bond donors (Lipinski definition) is 3. The molecule has 2 aromatic rings. The van der Waals surface area contributed by atoms with Crippen molar-refractivity contribution in [3.05, 3.63) is 51.0 Å². The lowest BCUT2D eigenvalue weighted by molar-refractivity contribution is -0.384. The number of nitro benzene ring substituents is 1. The highest BCUT2D eigenvalue weighted by atomic mass is 32.2. The quantitative estimate of drug-likeness (QED) is 0.0694. The molecule has 1 aromatic carbocycles. The second-order valence-electron chi connectivity index (χ2n) is 9.05. The first-order chi connectivity index (χ1) is 19.5. The Morgan fingerprint density at radius 3 is 2.43 bits per heavy atom. The summed E-state index contributed by atoms with van der Waals surface area (Å²) >= 11 is 0.925. The van der Waals surface area contributed by atoms with Gasteiger partial charge in [-0.3, -0.25) is 29.1 Å². The van der Waals surface area contributed by atoms with Gasteiger partial charge in [-0.05, 0) is 31.5 Å². The summed E-state index contributed by atoms with van der Waals surface area (Å²) in [6.45, 7) is 2.63. The lowest BCUT2D eigenvalue weighted by Gasteiger charge is -2.43. The number of anilines is 1. The van der Waals surface area contributed by atoms with Gasteiger partial charge in [0.2, 0.25) is 5.60 Å². The van der Waals surface area contributed by atoms with E-state index in [0.29, 0.717) is 5.56 Å². The molecule has 2 heterocycles. The number of nitrogens with two attached hydrogens (primary N) is 1. The van der Waals surface area contributed by atoms with E-state index in [1.165, 1.54) is 43.5 Å². The van der Waals surface area contributed by atoms with Gasteiger partial charge < -0.3 is 25.4 Å². The largest absolute Gasteiger partial charge is 0.464 e. The van der Waals surface area contributed by atoms with Crippen LogP contribution in [0.2, 0.25) is 0 Å². The van der Waals surface area contributed by atoms with Gasteiger partial charge in [-0.25, -0.2) is 14.1 Å². The summed E-state index contributed by atoms with van der Waals surface area (Å²) < 4.78 is 42.5. The maximum atomic E-state index is 13.2. The summed E-state index contributed by atoms with van der Waals surface area (Å²) in [6, 6.07) is 2.21. The summed E-state index contributed by atoms with van der Waals surface area (Å²) in [5, 5.41) is 18.1. The Hall–Kier alpha value is -4.69. The number of carbonyl (C=O) groups excluding carboxylic acids is 4. The number of esters is 2. The van der Waals surface area contributed by atoms with Crippen molar-refractivity contribution in [2.45, 2.75) is 45.1 Å². The highest BCUT2D eigenvalue weighted by molar-refractivity contribution is 7.84. The van der Waals surface area contributed by atoms with Crippen molar-refractivity contribution in [1.29, 1.82) is 0 Å². The molecule has 2 atom stereocenters. The molecule has 0 unspecified atom stereocenters. The number of nitro groups is 1. The third kappa shape index (κ3) is 7.53. The Labute approximate surface area is 241 Å². The third-order valence-corrected chi connectivity index (χ3v) is 7.14. The van der Waals surface area contributed by atoms with Gasteiger partial charge in [0.25, 0.3) is 17.5 Å². The molecule has 3 rings (SSSR count). The first-order valence-electron chi connectivity index (χ1n) is 11.6. The van der Waals surface area contributed by atoms with Crippen LogP contribution in [0.4, 0.5) is 10.8 Å². The van der Waals surface area contributed by atoms with Crippen molar-refractivity contribution in [2.75, 3.05) is 12.3 Å². The summed E-state index contributed by atoms with van der Waals surface area (Å²) in [4.78, 5) is 68.9. The monoisotopic (exact) mass is 628 g/mol. The van der Waals surface area contributed by atoms with E-state index >= 15 is 0 Å². The molecule has 226 valence electrons.